The predicted octanol–water partition coefficient (Wildman–Crippen LogP) is 0.759. The van der Waals surface area contributed by atoms with Crippen molar-refractivity contribution >= 4 is 23.4 Å². The minimum Gasteiger partial charge on any atom is -0.352 e. The first kappa shape index (κ1) is 21.7. The summed E-state index contributed by atoms with van der Waals surface area (Å²) in [6, 6.07) is 7.41. The van der Waals surface area contributed by atoms with Gasteiger partial charge in [-0.3, -0.25) is 19.1 Å². The summed E-state index contributed by atoms with van der Waals surface area (Å²) in [6.45, 7) is 4.32. The van der Waals surface area contributed by atoms with E-state index in [9.17, 15) is 19.2 Å². The van der Waals surface area contributed by atoms with E-state index in [-0.39, 0.29) is 43.2 Å². The lowest BCUT2D eigenvalue weighted by Crippen LogP contribution is -2.48. The van der Waals surface area contributed by atoms with Gasteiger partial charge in [-0.25, -0.2) is 4.79 Å². The maximum atomic E-state index is 13.5. The Bertz CT molecular complexity index is 1340. The first-order chi connectivity index (χ1) is 16.3. The number of benzene rings is 1. The largest absolute Gasteiger partial charge is 0.352 e. The third kappa shape index (κ3) is 3.40. The lowest BCUT2D eigenvalue weighted by Gasteiger charge is -2.27. The Labute approximate surface area is 194 Å². The Morgan fingerprint density at radius 1 is 1.26 bits per heavy atom. The second-order valence-corrected chi connectivity index (χ2v) is 9.01. The summed E-state index contributed by atoms with van der Waals surface area (Å²) in [7, 11) is 0. The minimum atomic E-state index is -1.23. The number of fused-ring (bicyclic) bond motifs is 2. The third-order valence-electron chi connectivity index (χ3n) is 6.58. The van der Waals surface area contributed by atoms with Gasteiger partial charge in [0, 0.05) is 49.3 Å². The second kappa shape index (κ2) is 8.01. The molecule has 2 aliphatic rings. The van der Waals surface area contributed by atoms with Crippen LogP contribution in [0, 0.1) is 5.92 Å². The topological polar surface area (TPSA) is 145 Å². The molecule has 11 heteroatoms. The normalized spacial score (nSPS) is 21.2. The molecule has 11 nitrogen and oxygen atoms in total. The molecule has 34 heavy (non-hydrogen) atoms. The van der Waals surface area contributed by atoms with Gasteiger partial charge in [0.1, 0.15) is 11.1 Å². The van der Waals surface area contributed by atoms with Crippen LogP contribution in [-0.2, 0) is 21.5 Å². The highest BCUT2D eigenvalue weighted by Gasteiger charge is 2.60. The van der Waals surface area contributed by atoms with E-state index in [4.69, 9.17) is 0 Å². The Morgan fingerprint density at radius 2 is 2.06 bits per heavy atom. The van der Waals surface area contributed by atoms with Gasteiger partial charge in [0.05, 0.1) is 12.1 Å². The molecule has 1 saturated heterocycles. The van der Waals surface area contributed by atoms with Crippen molar-refractivity contribution in [3.63, 3.8) is 0 Å². The molecule has 3 aromatic rings. The number of imidazole rings is 1. The number of nitrogens with one attached hydrogen (secondary N) is 4. The van der Waals surface area contributed by atoms with Crippen LogP contribution in [0.1, 0.15) is 41.5 Å². The van der Waals surface area contributed by atoms with Gasteiger partial charge in [0.15, 0.2) is 0 Å². The number of likely N-dealkylation sites (tertiary alicyclic amines) is 1. The van der Waals surface area contributed by atoms with Crippen molar-refractivity contribution in [2.45, 2.75) is 31.8 Å². The predicted molar refractivity (Wildman–Crippen MR) is 122 cm³/mol. The van der Waals surface area contributed by atoms with Gasteiger partial charge >= 0.3 is 5.69 Å². The van der Waals surface area contributed by atoms with E-state index in [1.807, 2.05) is 38.2 Å². The fourth-order valence-electron chi connectivity index (χ4n) is 4.83. The Kier molecular flexibility index (Phi) is 5.11. The van der Waals surface area contributed by atoms with E-state index in [0.717, 1.165) is 5.56 Å². The first-order valence-corrected chi connectivity index (χ1v) is 11.1. The van der Waals surface area contributed by atoms with Crippen LogP contribution in [0.5, 0.6) is 0 Å². The monoisotopic (exact) mass is 463 g/mol. The second-order valence-electron chi connectivity index (χ2n) is 9.01. The quantitative estimate of drug-likeness (QED) is 0.441. The molecule has 0 radical (unpaired) electrons. The minimum absolute atomic E-state index is 0.0191. The highest BCUT2D eigenvalue weighted by atomic mass is 16.2. The van der Waals surface area contributed by atoms with Gasteiger partial charge in [0.2, 0.25) is 11.8 Å². The standard InChI is InChI=1S/C23H25N7O4/c1-13(2)30-10-14(8-26-30)7-24-19(31)16-11-29(20(32)18-9-25-22(34)28-18)12-23(16)15-5-3-4-6-17(15)27-21(23)33/h3-6,8-10,13,16H,7,11-12H2,1-2H3,(H,24,31)(H,27,33)(H2,25,28,34). The third-order valence-corrected chi connectivity index (χ3v) is 6.58. The van der Waals surface area contributed by atoms with E-state index in [1.165, 1.54) is 11.1 Å². The molecule has 3 amide bonds. The lowest BCUT2D eigenvalue weighted by atomic mass is 9.73. The number of rotatable bonds is 5. The van der Waals surface area contributed by atoms with Crippen LogP contribution in [0.3, 0.4) is 0 Å². The molecule has 0 aliphatic carbocycles. The molecule has 2 atom stereocenters. The fourth-order valence-corrected chi connectivity index (χ4v) is 4.83. The van der Waals surface area contributed by atoms with Gasteiger partial charge in [-0.15, -0.1) is 0 Å². The van der Waals surface area contributed by atoms with Crippen molar-refractivity contribution in [1.29, 1.82) is 0 Å². The van der Waals surface area contributed by atoms with Crippen LogP contribution in [0.25, 0.3) is 0 Å². The average molecular weight is 463 g/mol. The van der Waals surface area contributed by atoms with E-state index < -0.39 is 22.9 Å². The molecule has 4 N–H and O–H groups in total. The molecule has 5 rings (SSSR count). The van der Waals surface area contributed by atoms with Crippen LogP contribution in [0.4, 0.5) is 5.69 Å². The highest BCUT2D eigenvalue weighted by molar-refractivity contribution is 6.10. The van der Waals surface area contributed by atoms with Crippen LogP contribution >= 0.6 is 0 Å². The van der Waals surface area contributed by atoms with Crippen LogP contribution in [-0.4, -0.2) is 55.5 Å². The SMILES string of the molecule is CC(C)n1cc(CNC(=O)C2CN(C(=O)c3c[nH]c(=O)[nH]3)CC23C(=O)Nc2ccccc23)cn1. The van der Waals surface area contributed by atoms with Crippen LogP contribution < -0.4 is 16.3 Å². The Balaban J connectivity index is 1.45. The van der Waals surface area contributed by atoms with Crippen molar-refractivity contribution in [2.24, 2.45) is 5.92 Å². The number of carbonyl (C=O) groups excluding carboxylic acids is 3. The van der Waals surface area contributed by atoms with Crippen molar-refractivity contribution in [3.05, 3.63) is 70.2 Å². The van der Waals surface area contributed by atoms with Gasteiger partial charge in [-0.1, -0.05) is 18.2 Å². The molecule has 0 bridgehead atoms. The van der Waals surface area contributed by atoms with E-state index in [2.05, 4.69) is 25.7 Å². The summed E-state index contributed by atoms with van der Waals surface area (Å²) in [5, 5.41) is 10.1. The van der Waals surface area contributed by atoms with Crippen molar-refractivity contribution in [2.75, 3.05) is 18.4 Å². The molecule has 2 aromatic heterocycles. The summed E-state index contributed by atoms with van der Waals surface area (Å²) in [5.41, 5.74) is 0.503. The Morgan fingerprint density at radius 3 is 2.76 bits per heavy atom. The molecule has 176 valence electrons. The van der Waals surface area contributed by atoms with E-state index in [1.54, 1.807) is 16.9 Å². The zero-order valence-electron chi connectivity index (χ0n) is 18.8. The smallest absolute Gasteiger partial charge is 0.323 e. The number of aromatic amines is 2. The number of aromatic nitrogens is 4. The number of hydrogen-bond acceptors (Lipinski definition) is 5. The van der Waals surface area contributed by atoms with Gasteiger partial charge in [0.25, 0.3) is 5.91 Å². The molecule has 1 spiro atoms. The Hall–Kier alpha value is -4.15. The fraction of sp³-hybridized carbons (Fsp3) is 0.348. The van der Waals surface area contributed by atoms with Crippen LogP contribution in [0.2, 0.25) is 0 Å². The molecular weight excluding hydrogens is 438 g/mol. The van der Waals surface area contributed by atoms with Crippen molar-refractivity contribution in [3.8, 4) is 0 Å². The van der Waals surface area contributed by atoms with Gasteiger partial charge < -0.3 is 25.5 Å². The summed E-state index contributed by atoms with van der Waals surface area (Å²) >= 11 is 0. The number of amides is 3. The molecule has 2 unspecified atom stereocenters. The number of nitrogens with zero attached hydrogens (tertiary/aromatic N) is 3. The summed E-state index contributed by atoms with van der Waals surface area (Å²) < 4.78 is 1.80. The molecular formula is C23H25N7O4. The zero-order chi connectivity index (χ0) is 24.0. The van der Waals surface area contributed by atoms with E-state index >= 15 is 0 Å². The number of anilines is 1. The van der Waals surface area contributed by atoms with Gasteiger partial charge in [-0.2, -0.15) is 5.10 Å². The number of hydrogen-bond donors (Lipinski definition) is 4. The summed E-state index contributed by atoms with van der Waals surface area (Å²) in [4.78, 5) is 57.7. The van der Waals surface area contributed by atoms with Gasteiger partial charge in [-0.05, 0) is 25.5 Å². The van der Waals surface area contributed by atoms with Crippen molar-refractivity contribution in [1.82, 2.24) is 30.0 Å². The maximum absolute atomic E-state index is 13.5. The van der Waals surface area contributed by atoms with Crippen molar-refractivity contribution < 1.29 is 14.4 Å². The summed E-state index contributed by atoms with van der Waals surface area (Å²) in [5.74, 6) is -1.92. The highest BCUT2D eigenvalue weighted by Crippen LogP contribution is 2.47. The molecule has 1 fully saturated rings. The molecule has 2 aliphatic heterocycles. The number of H-pyrrole nitrogens is 2. The van der Waals surface area contributed by atoms with E-state index in [0.29, 0.717) is 11.3 Å². The maximum Gasteiger partial charge on any atom is 0.323 e. The molecule has 4 heterocycles. The number of para-hydroxylation sites is 1. The molecule has 0 saturated carbocycles. The zero-order valence-corrected chi connectivity index (χ0v) is 18.8. The average Bonchev–Trinajstić information content (AvgIpc) is 3.59. The number of carbonyl (C=O) groups is 3. The lowest BCUT2D eigenvalue weighted by molar-refractivity contribution is -0.131. The summed E-state index contributed by atoms with van der Waals surface area (Å²) in [6.07, 6.45) is 4.85. The first-order valence-electron chi connectivity index (χ1n) is 11.1. The molecule has 1 aromatic carbocycles. The van der Waals surface area contributed by atoms with Crippen LogP contribution in [0.15, 0.2) is 47.7 Å².